The zero-order valence-corrected chi connectivity index (χ0v) is 15.5. The fourth-order valence-corrected chi connectivity index (χ4v) is 3.53. The Morgan fingerprint density at radius 1 is 0.923 bits per heavy atom. The molecule has 2 aromatic heterocycles. The van der Waals surface area contributed by atoms with Crippen molar-refractivity contribution in [2.24, 2.45) is 0 Å². The van der Waals surface area contributed by atoms with Crippen LogP contribution in [-0.4, -0.2) is 39.1 Å². The topological polar surface area (TPSA) is 66.8 Å². The zero-order valence-electron chi connectivity index (χ0n) is 15.5. The molecule has 1 fully saturated rings. The van der Waals surface area contributed by atoms with Gasteiger partial charge in [-0.05, 0) is 45.7 Å². The maximum Gasteiger partial charge on any atom is 0.148 e. The van der Waals surface area contributed by atoms with Gasteiger partial charge in [0.1, 0.15) is 17.5 Å². The molecule has 1 aliphatic heterocycles. The fourth-order valence-electron chi connectivity index (χ4n) is 3.53. The highest BCUT2D eigenvalue weighted by atomic mass is 15.2. The van der Waals surface area contributed by atoms with Crippen molar-refractivity contribution < 1.29 is 0 Å². The fraction of sp³-hybridized carbons (Fsp3) is 0.400. The van der Waals surface area contributed by atoms with Crippen molar-refractivity contribution in [3.8, 4) is 0 Å². The van der Waals surface area contributed by atoms with Crippen LogP contribution in [0.1, 0.15) is 30.1 Å². The molecule has 0 atom stereocenters. The van der Waals surface area contributed by atoms with E-state index in [0.717, 1.165) is 65.8 Å². The van der Waals surface area contributed by atoms with E-state index in [2.05, 4.69) is 31.2 Å². The van der Waals surface area contributed by atoms with Gasteiger partial charge in [-0.1, -0.05) is 12.1 Å². The first-order chi connectivity index (χ1) is 12.6. The second-order valence-corrected chi connectivity index (χ2v) is 6.97. The quantitative estimate of drug-likeness (QED) is 0.782. The number of para-hydroxylation sites is 2. The van der Waals surface area contributed by atoms with Gasteiger partial charge in [0.25, 0.3) is 0 Å². The van der Waals surface area contributed by atoms with Gasteiger partial charge in [-0.3, -0.25) is 0 Å². The molecule has 0 saturated carbocycles. The largest absolute Gasteiger partial charge is 0.366 e. The lowest BCUT2D eigenvalue weighted by Crippen LogP contribution is -2.40. The number of fused-ring (bicyclic) bond motifs is 1. The smallest absolute Gasteiger partial charge is 0.148 e. The molecule has 0 radical (unpaired) electrons. The molecule has 1 aromatic carbocycles. The van der Waals surface area contributed by atoms with Gasteiger partial charge in [-0.2, -0.15) is 0 Å². The lowest BCUT2D eigenvalue weighted by Gasteiger charge is -2.33. The molecule has 4 rings (SSSR count). The van der Waals surface area contributed by atoms with Crippen LogP contribution in [0.5, 0.6) is 0 Å². The first-order valence-electron chi connectivity index (χ1n) is 9.15. The van der Waals surface area contributed by atoms with E-state index in [-0.39, 0.29) is 0 Å². The van der Waals surface area contributed by atoms with Crippen LogP contribution < -0.4 is 10.2 Å². The van der Waals surface area contributed by atoms with Crippen molar-refractivity contribution in [3.05, 3.63) is 47.5 Å². The van der Waals surface area contributed by atoms with Crippen molar-refractivity contribution >= 4 is 22.7 Å². The summed E-state index contributed by atoms with van der Waals surface area (Å²) in [6, 6.07) is 10.5. The van der Waals surface area contributed by atoms with Gasteiger partial charge >= 0.3 is 0 Å². The summed E-state index contributed by atoms with van der Waals surface area (Å²) in [4.78, 5) is 20.7. The lowest BCUT2D eigenvalue weighted by atomic mass is 10.0. The predicted molar refractivity (Wildman–Crippen MR) is 105 cm³/mol. The molecule has 3 heterocycles. The maximum absolute atomic E-state index is 4.76. The van der Waals surface area contributed by atoms with E-state index in [4.69, 9.17) is 4.98 Å². The van der Waals surface area contributed by atoms with Crippen LogP contribution in [0.3, 0.4) is 0 Å². The summed E-state index contributed by atoms with van der Waals surface area (Å²) in [6.45, 7) is 7.95. The zero-order chi connectivity index (χ0) is 18.1. The Labute approximate surface area is 153 Å². The van der Waals surface area contributed by atoms with Crippen molar-refractivity contribution in [2.45, 2.75) is 39.7 Å². The number of nitrogens with zero attached hydrogens (tertiary/aromatic N) is 5. The molecule has 0 bridgehead atoms. The van der Waals surface area contributed by atoms with Gasteiger partial charge in [0, 0.05) is 30.9 Å². The second kappa shape index (κ2) is 6.86. The molecule has 0 unspecified atom stereocenters. The summed E-state index contributed by atoms with van der Waals surface area (Å²) >= 11 is 0. The average Bonchev–Trinajstić information content (AvgIpc) is 2.62. The average molecular weight is 348 g/mol. The first-order valence-corrected chi connectivity index (χ1v) is 9.15. The standard InChI is InChI=1S/C20H24N6/c1-13-12-19(23-15(3)21-13)26-10-8-16(9-11-26)24-20-14(2)22-17-6-4-5-7-18(17)25-20/h4-7,12,16H,8-11H2,1-3H3,(H,24,25). The predicted octanol–water partition coefficient (Wildman–Crippen LogP) is 3.43. The van der Waals surface area contributed by atoms with Crippen LogP contribution in [0.25, 0.3) is 11.0 Å². The van der Waals surface area contributed by atoms with Crippen molar-refractivity contribution in [3.63, 3.8) is 0 Å². The molecule has 26 heavy (non-hydrogen) atoms. The highest BCUT2D eigenvalue weighted by Crippen LogP contribution is 2.23. The molecule has 3 aromatic rings. The van der Waals surface area contributed by atoms with Crippen molar-refractivity contribution in [1.29, 1.82) is 0 Å². The summed E-state index contributed by atoms with van der Waals surface area (Å²) in [7, 11) is 0. The molecular formula is C20H24N6. The third-order valence-corrected chi connectivity index (χ3v) is 4.86. The number of aryl methyl sites for hydroxylation is 3. The molecule has 0 spiro atoms. The molecule has 1 aliphatic rings. The van der Waals surface area contributed by atoms with Crippen LogP contribution in [0.4, 0.5) is 11.6 Å². The monoisotopic (exact) mass is 348 g/mol. The number of anilines is 2. The number of hydrogen-bond acceptors (Lipinski definition) is 6. The van der Waals surface area contributed by atoms with Crippen molar-refractivity contribution in [2.75, 3.05) is 23.3 Å². The highest BCUT2D eigenvalue weighted by molar-refractivity contribution is 5.76. The van der Waals surface area contributed by atoms with E-state index in [0.29, 0.717) is 6.04 Å². The van der Waals surface area contributed by atoms with Crippen LogP contribution in [0.15, 0.2) is 30.3 Å². The summed E-state index contributed by atoms with van der Waals surface area (Å²) < 4.78 is 0. The number of piperidine rings is 1. The summed E-state index contributed by atoms with van der Waals surface area (Å²) in [5, 5.41) is 3.60. The molecule has 0 amide bonds. The first kappa shape index (κ1) is 16.7. The number of nitrogens with one attached hydrogen (secondary N) is 1. The number of aromatic nitrogens is 4. The van der Waals surface area contributed by atoms with Gasteiger partial charge in [-0.25, -0.2) is 19.9 Å². The Balaban J connectivity index is 1.45. The molecule has 6 nitrogen and oxygen atoms in total. The minimum absolute atomic E-state index is 0.407. The van der Waals surface area contributed by atoms with E-state index < -0.39 is 0 Å². The van der Waals surface area contributed by atoms with E-state index in [1.54, 1.807) is 0 Å². The van der Waals surface area contributed by atoms with Crippen LogP contribution in [0, 0.1) is 20.8 Å². The van der Waals surface area contributed by atoms with E-state index >= 15 is 0 Å². The molecular weight excluding hydrogens is 324 g/mol. The van der Waals surface area contributed by atoms with Crippen LogP contribution in [0.2, 0.25) is 0 Å². The van der Waals surface area contributed by atoms with Gasteiger partial charge in [-0.15, -0.1) is 0 Å². The Morgan fingerprint density at radius 3 is 2.31 bits per heavy atom. The second-order valence-electron chi connectivity index (χ2n) is 6.97. The third-order valence-electron chi connectivity index (χ3n) is 4.86. The summed E-state index contributed by atoms with van der Waals surface area (Å²) in [5.74, 6) is 2.77. The normalized spacial score (nSPS) is 15.4. The van der Waals surface area contributed by atoms with E-state index in [9.17, 15) is 0 Å². The number of rotatable bonds is 3. The van der Waals surface area contributed by atoms with Gasteiger partial charge in [0.15, 0.2) is 0 Å². The highest BCUT2D eigenvalue weighted by Gasteiger charge is 2.21. The Kier molecular flexibility index (Phi) is 4.41. The van der Waals surface area contributed by atoms with E-state index in [1.165, 1.54) is 0 Å². The van der Waals surface area contributed by atoms with Gasteiger partial charge in [0.05, 0.1) is 16.7 Å². The third kappa shape index (κ3) is 3.45. The molecule has 1 saturated heterocycles. The van der Waals surface area contributed by atoms with E-state index in [1.807, 2.05) is 45.0 Å². The maximum atomic E-state index is 4.76. The van der Waals surface area contributed by atoms with Crippen LogP contribution in [-0.2, 0) is 0 Å². The molecule has 134 valence electrons. The van der Waals surface area contributed by atoms with Crippen molar-refractivity contribution in [1.82, 2.24) is 19.9 Å². The van der Waals surface area contributed by atoms with Gasteiger partial charge < -0.3 is 10.2 Å². The van der Waals surface area contributed by atoms with Gasteiger partial charge in [0.2, 0.25) is 0 Å². The molecule has 1 N–H and O–H groups in total. The molecule has 6 heteroatoms. The lowest BCUT2D eigenvalue weighted by molar-refractivity contribution is 0.521. The Morgan fingerprint density at radius 2 is 1.62 bits per heavy atom. The minimum Gasteiger partial charge on any atom is -0.366 e. The number of benzene rings is 1. The Bertz CT molecular complexity index is 910. The summed E-state index contributed by atoms with van der Waals surface area (Å²) in [5.41, 5.74) is 3.85. The minimum atomic E-state index is 0.407. The SMILES string of the molecule is Cc1cc(N2CCC(Nc3nc4ccccc4nc3C)CC2)nc(C)n1. The van der Waals surface area contributed by atoms with Crippen LogP contribution >= 0.6 is 0 Å². The summed E-state index contributed by atoms with van der Waals surface area (Å²) in [6.07, 6.45) is 2.10. The Hall–Kier alpha value is -2.76. The molecule has 0 aliphatic carbocycles. The number of hydrogen-bond donors (Lipinski definition) is 1.